The number of nitrogens with zero attached hydrogens (tertiary/aromatic N) is 2. The van der Waals surface area contributed by atoms with Gasteiger partial charge in [-0.05, 0) is 26.0 Å². The molecule has 5 nitrogen and oxygen atoms in total. The van der Waals surface area contributed by atoms with E-state index in [-0.39, 0.29) is 0 Å². The van der Waals surface area contributed by atoms with Crippen molar-refractivity contribution in [3.63, 3.8) is 0 Å². The van der Waals surface area contributed by atoms with E-state index >= 15 is 0 Å². The van der Waals surface area contributed by atoms with Gasteiger partial charge >= 0.3 is 0 Å². The maximum absolute atomic E-state index is 9.87. The number of imidazole rings is 1. The molecule has 0 aliphatic rings. The molecule has 2 heterocycles. The fourth-order valence-corrected chi connectivity index (χ4v) is 1.64. The number of aryl methyl sites for hydroxylation is 1. The fourth-order valence-electron chi connectivity index (χ4n) is 1.64. The van der Waals surface area contributed by atoms with E-state index in [2.05, 4.69) is 15.0 Å². The van der Waals surface area contributed by atoms with Crippen molar-refractivity contribution in [3.05, 3.63) is 23.7 Å². The average molecular weight is 206 g/mol. The van der Waals surface area contributed by atoms with E-state index in [0.717, 1.165) is 16.9 Å². The Kier molecular flexibility index (Phi) is 2.66. The van der Waals surface area contributed by atoms with Crippen molar-refractivity contribution in [2.45, 2.75) is 19.4 Å². The third-order valence-corrected chi connectivity index (χ3v) is 2.34. The highest BCUT2D eigenvalue weighted by atomic mass is 16.3. The van der Waals surface area contributed by atoms with E-state index in [1.54, 1.807) is 12.3 Å². The first-order valence-corrected chi connectivity index (χ1v) is 4.91. The highest BCUT2D eigenvalue weighted by Crippen LogP contribution is 2.22. The molecule has 80 valence electrons. The largest absolute Gasteiger partial charge is 0.388 e. The number of rotatable bonds is 3. The maximum atomic E-state index is 9.87. The molecule has 0 aromatic carbocycles. The molecule has 0 radical (unpaired) electrons. The highest BCUT2D eigenvalue weighted by molar-refractivity contribution is 5.74. The van der Waals surface area contributed by atoms with E-state index in [4.69, 9.17) is 5.73 Å². The average Bonchev–Trinajstić information content (AvgIpc) is 2.57. The summed E-state index contributed by atoms with van der Waals surface area (Å²) in [7, 11) is 0. The number of pyridine rings is 1. The second-order valence-corrected chi connectivity index (χ2v) is 3.51. The lowest BCUT2D eigenvalue weighted by molar-refractivity contribution is 0.171. The highest BCUT2D eigenvalue weighted by Gasteiger charge is 2.13. The summed E-state index contributed by atoms with van der Waals surface area (Å²) in [4.78, 5) is 11.4. The Bertz CT molecular complexity index is 465. The first-order chi connectivity index (χ1) is 7.22. The van der Waals surface area contributed by atoms with Crippen LogP contribution in [0.15, 0.2) is 12.3 Å². The summed E-state index contributed by atoms with van der Waals surface area (Å²) in [6.07, 6.45) is 1.63. The number of hydrogen-bond acceptors (Lipinski definition) is 4. The van der Waals surface area contributed by atoms with E-state index < -0.39 is 6.10 Å². The number of fused-ring (bicyclic) bond motifs is 1. The van der Waals surface area contributed by atoms with Crippen molar-refractivity contribution in [2.24, 2.45) is 5.73 Å². The van der Waals surface area contributed by atoms with Gasteiger partial charge in [-0.1, -0.05) is 0 Å². The molecule has 0 spiro atoms. The normalized spacial score (nSPS) is 13.3. The summed E-state index contributed by atoms with van der Waals surface area (Å²) in [5.74, 6) is 0.796. The summed E-state index contributed by atoms with van der Waals surface area (Å²) in [6.45, 7) is 2.32. The minimum Gasteiger partial charge on any atom is -0.388 e. The monoisotopic (exact) mass is 206 g/mol. The Morgan fingerprint density at radius 2 is 2.40 bits per heavy atom. The number of aromatic amines is 1. The van der Waals surface area contributed by atoms with Gasteiger partial charge in [0.05, 0.1) is 11.6 Å². The summed E-state index contributed by atoms with van der Waals surface area (Å²) >= 11 is 0. The SMILES string of the molecule is Cc1nc2nccc(C(O)CCN)c2[nH]1. The lowest BCUT2D eigenvalue weighted by Crippen LogP contribution is -2.07. The Balaban J connectivity index is 2.50. The summed E-state index contributed by atoms with van der Waals surface area (Å²) in [5.41, 5.74) is 7.67. The van der Waals surface area contributed by atoms with Crippen molar-refractivity contribution in [1.29, 1.82) is 0 Å². The molecule has 15 heavy (non-hydrogen) atoms. The molecular formula is C10H14N4O. The van der Waals surface area contributed by atoms with Crippen LogP contribution >= 0.6 is 0 Å². The zero-order valence-electron chi connectivity index (χ0n) is 8.57. The van der Waals surface area contributed by atoms with E-state index in [9.17, 15) is 5.11 Å². The number of nitrogens with one attached hydrogen (secondary N) is 1. The molecule has 0 aliphatic carbocycles. The molecule has 1 atom stereocenters. The molecule has 0 saturated heterocycles. The minimum absolute atomic E-state index is 0.456. The number of H-pyrrole nitrogens is 1. The second kappa shape index (κ2) is 3.96. The Hall–Kier alpha value is -1.46. The lowest BCUT2D eigenvalue weighted by Gasteiger charge is -2.09. The van der Waals surface area contributed by atoms with Gasteiger partial charge in [-0.25, -0.2) is 9.97 Å². The van der Waals surface area contributed by atoms with Crippen LogP contribution in [0.3, 0.4) is 0 Å². The smallest absolute Gasteiger partial charge is 0.178 e. The molecule has 0 bridgehead atoms. The van der Waals surface area contributed by atoms with Crippen molar-refractivity contribution in [1.82, 2.24) is 15.0 Å². The lowest BCUT2D eigenvalue weighted by atomic mass is 10.1. The first kappa shape index (κ1) is 10.1. The van der Waals surface area contributed by atoms with Crippen molar-refractivity contribution < 1.29 is 5.11 Å². The van der Waals surface area contributed by atoms with Crippen LogP contribution in [0.4, 0.5) is 0 Å². The van der Waals surface area contributed by atoms with Crippen LogP contribution in [0.25, 0.3) is 11.2 Å². The van der Waals surface area contributed by atoms with Crippen LogP contribution < -0.4 is 5.73 Å². The maximum Gasteiger partial charge on any atom is 0.178 e. The predicted octanol–water partition coefficient (Wildman–Crippen LogP) is 0.649. The van der Waals surface area contributed by atoms with Gasteiger partial charge in [-0.15, -0.1) is 0 Å². The molecule has 5 heteroatoms. The molecule has 0 saturated carbocycles. The van der Waals surface area contributed by atoms with Gasteiger partial charge in [0.1, 0.15) is 5.82 Å². The number of hydrogen-bond donors (Lipinski definition) is 3. The van der Waals surface area contributed by atoms with Gasteiger partial charge in [0.2, 0.25) is 0 Å². The number of aliphatic hydroxyl groups excluding tert-OH is 1. The first-order valence-electron chi connectivity index (χ1n) is 4.91. The molecule has 1 unspecified atom stereocenters. The van der Waals surface area contributed by atoms with E-state index in [0.29, 0.717) is 18.6 Å². The van der Waals surface area contributed by atoms with E-state index in [1.807, 2.05) is 6.92 Å². The van der Waals surface area contributed by atoms with E-state index in [1.165, 1.54) is 0 Å². The molecular weight excluding hydrogens is 192 g/mol. The number of nitrogens with two attached hydrogens (primary N) is 1. The number of aromatic nitrogens is 3. The predicted molar refractivity (Wildman–Crippen MR) is 57.3 cm³/mol. The molecule has 0 fully saturated rings. The minimum atomic E-state index is -0.555. The topological polar surface area (TPSA) is 87.8 Å². The van der Waals surface area contributed by atoms with Gasteiger partial charge in [-0.2, -0.15) is 0 Å². The third kappa shape index (κ3) is 1.84. The van der Waals surface area contributed by atoms with Crippen LogP contribution in [0.2, 0.25) is 0 Å². The van der Waals surface area contributed by atoms with Crippen LogP contribution in [-0.4, -0.2) is 26.6 Å². The van der Waals surface area contributed by atoms with Crippen LogP contribution in [0.1, 0.15) is 23.9 Å². The number of aliphatic hydroxyl groups is 1. The zero-order chi connectivity index (χ0) is 10.8. The van der Waals surface area contributed by atoms with Crippen molar-refractivity contribution >= 4 is 11.2 Å². The van der Waals surface area contributed by atoms with Gasteiger partial charge in [0.15, 0.2) is 5.65 Å². The van der Waals surface area contributed by atoms with Gasteiger partial charge < -0.3 is 15.8 Å². The summed E-state index contributed by atoms with van der Waals surface area (Å²) in [5, 5.41) is 9.87. The van der Waals surface area contributed by atoms with Crippen LogP contribution in [0, 0.1) is 6.92 Å². The zero-order valence-corrected chi connectivity index (χ0v) is 8.57. The Morgan fingerprint density at radius 3 is 3.13 bits per heavy atom. The van der Waals surface area contributed by atoms with Crippen LogP contribution in [0.5, 0.6) is 0 Å². The summed E-state index contributed by atoms with van der Waals surface area (Å²) in [6, 6.07) is 1.79. The molecule has 4 N–H and O–H groups in total. The van der Waals surface area contributed by atoms with Crippen molar-refractivity contribution in [2.75, 3.05) is 6.54 Å². The van der Waals surface area contributed by atoms with Crippen LogP contribution in [-0.2, 0) is 0 Å². The molecule has 2 rings (SSSR count). The second-order valence-electron chi connectivity index (χ2n) is 3.51. The molecule has 2 aromatic heterocycles. The molecule has 2 aromatic rings. The standard InChI is InChI=1S/C10H14N4O/c1-6-13-9-7(8(15)2-4-11)3-5-12-10(9)14-6/h3,5,8,15H,2,4,11H2,1H3,(H,12,13,14). The summed E-state index contributed by atoms with van der Waals surface area (Å²) < 4.78 is 0. The van der Waals surface area contributed by atoms with Gasteiger partial charge in [0.25, 0.3) is 0 Å². The molecule has 0 aliphatic heterocycles. The quantitative estimate of drug-likeness (QED) is 0.688. The molecule has 0 amide bonds. The van der Waals surface area contributed by atoms with Gasteiger partial charge in [-0.3, -0.25) is 0 Å². The van der Waals surface area contributed by atoms with Gasteiger partial charge in [0, 0.05) is 11.8 Å². The third-order valence-electron chi connectivity index (χ3n) is 2.34. The van der Waals surface area contributed by atoms with Crippen molar-refractivity contribution in [3.8, 4) is 0 Å². The Morgan fingerprint density at radius 1 is 1.60 bits per heavy atom. The fraction of sp³-hybridized carbons (Fsp3) is 0.400. The Labute approximate surface area is 87.4 Å².